The first-order valence-electron chi connectivity index (χ1n) is 8.96. The number of aromatic nitrogens is 4. The molecule has 2 aromatic rings. The number of nitrogens with zero attached hydrogens (tertiary/aromatic N) is 5. The first kappa shape index (κ1) is 14.8. The van der Waals surface area contributed by atoms with Crippen LogP contribution in [0.4, 0.5) is 0 Å². The summed E-state index contributed by atoms with van der Waals surface area (Å²) >= 11 is 0. The van der Waals surface area contributed by atoms with E-state index in [0.29, 0.717) is 5.92 Å². The zero-order valence-corrected chi connectivity index (χ0v) is 13.6. The smallest absolute Gasteiger partial charge is 0.138 e. The summed E-state index contributed by atoms with van der Waals surface area (Å²) in [7, 11) is 0. The van der Waals surface area contributed by atoms with Crippen molar-refractivity contribution >= 4 is 0 Å². The standard InChI is InChI=1S/C18H25N5/c1-2-6-16(7-3-1)22-12-4-5-15(13-22)18-20-14-21-23(18)17-8-10-19-11-9-17/h8-11,14-16H,1-7,12-13H2/t15-/m0/s1. The normalized spacial score (nSPS) is 23.9. The van der Waals surface area contributed by atoms with E-state index < -0.39 is 0 Å². The summed E-state index contributed by atoms with van der Waals surface area (Å²) in [6, 6.07) is 4.80. The van der Waals surface area contributed by atoms with Gasteiger partial charge in [0.25, 0.3) is 0 Å². The third-order valence-corrected chi connectivity index (χ3v) is 5.39. The summed E-state index contributed by atoms with van der Waals surface area (Å²) in [4.78, 5) is 11.4. The Bertz CT molecular complexity index is 617. The van der Waals surface area contributed by atoms with Gasteiger partial charge in [-0.15, -0.1) is 0 Å². The average Bonchev–Trinajstić information content (AvgIpc) is 3.13. The molecule has 122 valence electrons. The van der Waals surface area contributed by atoms with Gasteiger partial charge in [-0.05, 0) is 44.4 Å². The van der Waals surface area contributed by atoms with Crippen molar-refractivity contribution in [3.63, 3.8) is 0 Å². The van der Waals surface area contributed by atoms with Crippen molar-refractivity contribution in [2.45, 2.75) is 56.9 Å². The molecule has 2 fully saturated rings. The molecule has 5 nitrogen and oxygen atoms in total. The number of rotatable bonds is 3. The lowest BCUT2D eigenvalue weighted by Gasteiger charge is -2.39. The molecule has 1 saturated heterocycles. The minimum absolute atomic E-state index is 0.487. The highest BCUT2D eigenvalue weighted by Gasteiger charge is 2.30. The van der Waals surface area contributed by atoms with E-state index in [1.54, 1.807) is 6.33 Å². The summed E-state index contributed by atoms with van der Waals surface area (Å²) in [5.74, 6) is 1.60. The molecule has 3 heterocycles. The third kappa shape index (κ3) is 3.15. The Kier molecular flexibility index (Phi) is 4.37. The molecule has 5 heteroatoms. The Labute approximate surface area is 137 Å². The zero-order valence-electron chi connectivity index (χ0n) is 13.6. The minimum Gasteiger partial charge on any atom is -0.300 e. The average molecular weight is 311 g/mol. The molecule has 0 spiro atoms. The Hall–Kier alpha value is -1.75. The monoisotopic (exact) mass is 311 g/mol. The van der Waals surface area contributed by atoms with Crippen LogP contribution in [0.5, 0.6) is 0 Å². The molecule has 1 atom stereocenters. The molecule has 1 aliphatic carbocycles. The first-order chi connectivity index (χ1) is 11.4. The van der Waals surface area contributed by atoms with Crippen molar-refractivity contribution in [3.05, 3.63) is 36.7 Å². The highest BCUT2D eigenvalue weighted by Crippen LogP contribution is 2.31. The highest BCUT2D eigenvalue weighted by molar-refractivity contribution is 5.29. The second-order valence-electron chi connectivity index (χ2n) is 6.86. The van der Waals surface area contributed by atoms with Crippen LogP contribution in [0.2, 0.25) is 0 Å². The second-order valence-corrected chi connectivity index (χ2v) is 6.86. The predicted octanol–water partition coefficient (Wildman–Crippen LogP) is 3.17. The summed E-state index contributed by atoms with van der Waals surface area (Å²) in [5.41, 5.74) is 1.06. The van der Waals surface area contributed by atoms with Gasteiger partial charge in [0, 0.05) is 30.9 Å². The number of hydrogen-bond acceptors (Lipinski definition) is 4. The Morgan fingerprint density at radius 1 is 0.957 bits per heavy atom. The van der Waals surface area contributed by atoms with Crippen LogP contribution >= 0.6 is 0 Å². The molecule has 2 aromatic heterocycles. The second kappa shape index (κ2) is 6.79. The largest absolute Gasteiger partial charge is 0.300 e. The van der Waals surface area contributed by atoms with Crippen LogP contribution in [-0.4, -0.2) is 43.8 Å². The van der Waals surface area contributed by atoms with Crippen LogP contribution in [0.3, 0.4) is 0 Å². The van der Waals surface area contributed by atoms with Crippen LogP contribution in [0.25, 0.3) is 5.69 Å². The van der Waals surface area contributed by atoms with Gasteiger partial charge < -0.3 is 0 Å². The van der Waals surface area contributed by atoms with E-state index in [-0.39, 0.29) is 0 Å². The van der Waals surface area contributed by atoms with Crippen molar-refractivity contribution < 1.29 is 0 Å². The first-order valence-corrected chi connectivity index (χ1v) is 8.96. The van der Waals surface area contributed by atoms with E-state index in [9.17, 15) is 0 Å². The van der Waals surface area contributed by atoms with Gasteiger partial charge in [0.2, 0.25) is 0 Å². The van der Waals surface area contributed by atoms with Crippen LogP contribution in [0.15, 0.2) is 30.9 Å². The molecular formula is C18H25N5. The molecule has 1 saturated carbocycles. The Morgan fingerprint density at radius 3 is 2.61 bits per heavy atom. The maximum absolute atomic E-state index is 4.60. The quantitative estimate of drug-likeness (QED) is 0.873. The van der Waals surface area contributed by atoms with E-state index in [0.717, 1.165) is 24.1 Å². The van der Waals surface area contributed by atoms with Gasteiger partial charge in [0.15, 0.2) is 0 Å². The lowest BCUT2D eigenvalue weighted by atomic mass is 9.90. The lowest BCUT2D eigenvalue weighted by molar-refractivity contribution is 0.116. The van der Waals surface area contributed by atoms with E-state index in [4.69, 9.17) is 0 Å². The van der Waals surface area contributed by atoms with Gasteiger partial charge in [-0.1, -0.05) is 19.3 Å². The summed E-state index contributed by atoms with van der Waals surface area (Å²) < 4.78 is 2.00. The molecule has 0 aromatic carbocycles. The lowest BCUT2D eigenvalue weighted by Crippen LogP contribution is -2.43. The number of piperidine rings is 1. The summed E-state index contributed by atoms with van der Waals surface area (Å²) in [6.07, 6.45) is 14.8. The molecule has 0 N–H and O–H groups in total. The van der Waals surface area contributed by atoms with Gasteiger partial charge in [-0.3, -0.25) is 9.88 Å². The topological polar surface area (TPSA) is 46.8 Å². The van der Waals surface area contributed by atoms with Gasteiger partial charge >= 0.3 is 0 Å². The maximum atomic E-state index is 4.60. The minimum atomic E-state index is 0.487. The van der Waals surface area contributed by atoms with Crippen molar-refractivity contribution in [1.82, 2.24) is 24.6 Å². The molecular weight excluding hydrogens is 286 g/mol. The number of hydrogen-bond donors (Lipinski definition) is 0. The number of pyridine rings is 1. The van der Waals surface area contributed by atoms with Gasteiger partial charge in [0.05, 0.1) is 5.69 Å². The maximum Gasteiger partial charge on any atom is 0.138 e. The summed E-state index contributed by atoms with van der Waals surface area (Å²) in [5, 5.41) is 4.46. The van der Waals surface area contributed by atoms with Gasteiger partial charge in [-0.25, -0.2) is 9.67 Å². The Balaban J connectivity index is 1.53. The van der Waals surface area contributed by atoms with E-state index in [2.05, 4.69) is 20.0 Å². The van der Waals surface area contributed by atoms with E-state index in [1.807, 2.05) is 29.2 Å². The van der Waals surface area contributed by atoms with Crippen LogP contribution < -0.4 is 0 Å². The van der Waals surface area contributed by atoms with Gasteiger partial charge in [0.1, 0.15) is 12.2 Å². The number of likely N-dealkylation sites (tertiary alicyclic amines) is 1. The molecule has 0 unspecified atom stereocenters. The molecule has 23 heavy (non-hydrogen) atoms. The molecule has 0 amide bonds. The van der Waals surface area contributed by atoms with Crippen LogP contribution in [0.1, 0.15) is 56.7 Å². The highest BCUT2D eigenvalue weighted by atomic mass is 15.3. The SMILES string of the molecule is c1cc(-n2ncnc2[C@H]2CCCN(C3CCCCC3)C2)ccn1. The van der Waals surface area contributed by atoms with E-state index >= 15 is 0 Å². The molecule has 1 aliphatic heterocycles. The fraction of sp³-hybridized carbons (Fsp3) is 0.611. The fourth-order valence-electron chi connectivity index (χ4n) is 4.21. The van der Waals surface area contributed by atoms with Crippen LogP contribution in [0, 0.1) is 0 Å². The molecule has 0 bridgehead atoms. The van der Waals surface area contributed by atoms with E-state index in [1.165, 1.54) is 51.5 Å². The van der Waals surface area contributed by atoms with Crippen molar-refractivity contribution in [3.8, 4) is 5.69 Å². The molecule has 0 radical (unpaired) electrons. The van der Waals surface area contributed by atoms with Crippen molar-refractivity contribution in [2.75, 3.05) is 13.1 Å². The van der Waals surface area contributed by atoms with Gasteiger partial charge in [-0.2, -0.15) is 5.10 Å². The van der Waals surface area contributed by atoms with Crippen LogP contribution in [-0.2, 0) is 0 Å². The molecule has 2 aliphatic rings. The predicted molar refractivity (Wildman–Crippen MR) is 89.6 cm³/mol. The zero-order chi connectivity index (χ0) is 15.5. The summed E-state index contributed by atoms with van der Waals surface area (Å²) in [6.45, 7) is 2.39. The van der Waals surface area contributed by atoms with Crippen molar-refractivity contribution in [2.24, 2.45) is 0 Å². The third-order valence-electron chi connectivity index (χ3n) is 5.39. The Morgan fingerprint density at radius 2 is 1.78 bits per heavy atom. The van der Waals surface area contributed by atoms with Crippen molar-refractivity contribution in [1.29, 1.82) is 0 Å². The fourth-order valence-corrected chi connectivity index (χ4v) is 4.21. The molecule has 4 rings (SSSR count).